The third-order valence-electron chi connectivity index (χ3n) is 1.28. The van der Waals surface area contributed by atoms with Gasteiger partial charge in [-0.1, -0.05) is 6.08 Å². The van der Waals surface area contributed by atoms with Gasteiger partial charge in [-0.25, -0.2) is 0 Å². The van der Waals surface area contributed by atoms with Gasteiger partial charge in [0.25, 0.3) is 0 Å². The first-order valence-electron chi connectivity index (χ1n) is 3.53. The normalized spacial score (nSPS) is 10.1. The largest absolute Gasteiger partial charge is 0.392 e. The van der Waals surface area contributed by atoms with Gasteiger partial charge in [0.1, 0.15) is 0 Å². The van der Waals surface area contributed by atoms with Crippen molar-refractivity contribution in [2.24, 2.45) is 0 Å². The number of hydrogen-bond donors (Lipinski definition) is 2. The lowest BCUT2D eigenvalue weighted by molar-refractivity contribution is -0.213. The van der Waals surface area contributed by atoms with E-state index in [1.54, 1.807) is 6.92 Å². The van der Waals surface area contributed by atoms with Gasteiger partial charge in [0, 0.05) is 14.2 Å². The SMILES string of the molecule is C=CCO.COC(C)(CO)OC. The molecule has 0 spiro atoms. The molecule has 0 amide bonds. The van der Waals surface area contributed by atoms with E-state index in [0.29, 0.717) is 0 Å². The van der Waals surface area contributed by atoms with Gasteiger partial charge in [-0.05, 0) is 6.92 Å². The average molecular weight is 178 g/mol. The van der Waals surface area contributed by atoms with E-state index in [-0.39, 0.29) is 13.2 Å². The molecule has 4 heteroatoms. The molecule has 0 heterocycles. The molecular formula is C8H18O4. The predicted octanol–water partition coefficient (Wildman–Crippen LogP) is 0.152. The lowest BCUT2D eigenvalue weighted by atomic mass is 10.3. The zero-order chi connectivity index (χ0) is 10.0. The van der Waals surface area contributed by atoms with E-state index in [2.05, 4.69) is 6.58 Å². The van der Waals surface area contributed by atoms with Crippen molar-refractivity contribution in [1.29, 1.82) is 0 Å². The Hall–Kier alpha value is -0.420. The molecule has 0 aliphatic carbocycles. The van der Waals surface area contributed by atoms with E-state index in [9.17, 15) is 0 Å². The molecule has 0 aromatic rings. The molecule has 0 unspecified atom stereocenters. The van der Waals surface area contributed by atoms with Crippen LogP contribution < -0.4 is 0 Å². The summed E-state index contributed by atoms with van der Waals surface area (Å²) in [7, 11) is 2.97. The molecule has 0 saturated carbocycles. The smallest absolute Gasteiger partial charge is 0.187 e. The van der Waals surface area contributed by atoms with E-state index in [1.165, 1.54) is 20.3 Å². The first-order chi connectivity index (χ1) is 5.60. The number of rotatable bonds is 4. The fourth-order valence-electron chi connectivity index (χ4n) is 0.212. The van der Waals surface area contributed by atoms with Crippen LogP contribution >= 0.6 is 0 Å². The topological polar surface area (TPSA) is 58.9 Å². The Morgan fingerprint density at radius 3 is 1.67 bits per heavy atom. The van der Waals surface area contributed by atoms with Crippen molar-refractivity contribution in [3.05, 3.63) is 12.7 Å². The van der Waals surface area contributed by atoms with Crippen LogP contribution in [-0.2, 0) is 9.47 Å². The van der Waals surface area contributed by atoms with Gasteiger partial charge >= 0.3 is 0 Å². The highest BCUT2D eigenvalue weighted by Gasteiger charge is 2.19. The third kappa shape index (κ3) is 7.68. The standard InChI is InChI=1S/C5H12O3.C3H6O/c1-5(4-6,7-2)8-3;1-2-3-4/h6H,4H2,1-3H3;2,4H,1,3H2. The second-order valence-electron chi connectivity index (χ2n) is 2.17. The Kier molecular flexibility index (Phi) is 10.2. The first kappa shape index (κ1) is 14.1. The summed E-state index contributed by atoms with van der Waals surface area (Å²) in [5.74, 6) is -0.819. The Morgan fingerprint density at radius 1 is 1.33 bits per heavy atom. The molecule has 74 valence electrons. The number of aliphatic hydroxyl groups excluding tert-OH is 2. The van der Waals surface area contributed by atoms with Gasteiger partial charge in [-0.2, -0.15) is 0 Å². The summed E-state index contributed by atoms with van der Waals surface area (Å²) in [5, 5.41) is 16.3. The van der Waals surface area contributed by atoms with Crippen LogP contribution in [0.3, 0.4) is 0 Å². The number of hydrogen-bond acceptors (Lipinski definition) is 4. The Balaban J connectivity index is 0. The lowest BCUT2D eigenvalue weighted by Crippen LogP contribution is -2.33. The van der Waals surface area contributed by atoms with Crippen LogP contribution in [0.2, 0.25) is 0 Å². The number of ether oxygens (including phenoxy) is 2. The maximum absolute atomic E-state index is 8.54. The fraction of sp³-hybridized carbons (Fsp3) is 0.750. The summed E-state index contributed by atoms with van der Waals surface area (Å²) >= 11 is 0. The zero-order valence-corrected chi connectivity index (χ0v) is 7.91. The van der Waals surface area contributed by atoms with Crippen LogP contribution in [0, 0.1) is 0 Å². The number of methoxy groups -OCH3 is 2. The highest BCUT2D eigenvalue weighted by molar-refractivity contribution is 4.60. The number of aliphatic hydroxyl groups is 2. The molecule has 0 fully saturated rings. The minimum absolute atomic E-state index is 0.0833. The first-order valence-corrected chi connectivity index (χ1v) is 3.53. The molecule has 0 atom stereocenters. The van der Waals surface area contributed by atoms with E-state index in [0.717, 1.165) is 0 Å². The second-order valence-corrected chi connectivity index (χ2v) is 2.17. The van der Waals surface area contributed by atoms with E-state index >= 15 is 0 Å². The highest BCUT2D eigenvalue weighted by atomic mass is 16.7. The van der Waals surface area contributed by atoms with Crippen molar-refractivity contribution in [2.75, 3.05) is 27.4 Å². The molecule has 2 N–H and O–H groups in total. The molecule has 0 aromatic carbocycles. The summed E-state index contributed by atoms with van der Waals surface area (Å²) in [6.45, 7) is 4.85. The van der Waals surface area contributed by atoms with Gasteiger partial charge < -0.3 is 19.7 Å². The van der Waals surface area contributed by atoms with E-state index in [4.69, 9.17) is 19.7 Å². The molecule has 0 radical (unpaired) electrons. The van der Waals surface area contributed by atoms with Crippen molar-refractivity contribution >= 4 is 0 Å². The minimum atomic E-state index is -0.819. The van der Waals surface area contributed by atoms with Gasteiger partial charge in [0.2, 0.25) is 0 Å². The summed E-state index contributed by atoms with van der Waals surface area (Å²) in [6.07, 6.45) is 1.43. The molecule has 0 bridgehead atoms. The van der Waals surface area contributed by atoms with Gasteiger partial charge in [-0.15, -0.1) is 6.58 Å². The van der Waals surface area contributed by atoms with Crippen LogP contribution in [-0.4, -0.2) is 43.4 Å². The predicted molar refractivity (Wildman–Crippen MR) is 46.8 cm³/mol. The van der Waals surface area contributed by atoms with Gasteiger partial charge in [0.05, 0.1) is 13.2 Å². The monoisotopic (exact) mass is 178 g/mol. The maximum Gasteiger partial charge on any atom is 0.187 e. The van der Waals surface area contributed by atoms with Crippen LogP contribution in [0.4, 0.5) is 0 Å². The Labute approximate surface area is 73.4 Å². The average Bonchev–Trinajstić information content (AvgIpc) is 2.17. The van der Waals surface area contributed by atoms with E-state index in [1.807, 2.05) is 0 Å². The van der Waals surface area contributed by atoms with Crippen molar-refractivity contribution in [3.8, 4) is 0 Å². The Morgan fingerprint density at radius 2 is 1.67 bits per heavy atom. The van der Waals surface area contributed by atoms with Crippen molar-refractivity contribution in [2.45, 2.75) is 12.7 Å². The molecule has 4 nitrogen and oxygen atoms in total. The maximum atomic E-state index is 8.54. The zero-order valence-electron chi connectivity index (χ0n) is 7.91. The summed E-state index contributed by atoms with van der Waals surface area (Å²) in [6, 6.07) is 0. The molecule has 0 aliphatic heterocycles. The highest BCUT2D eigenvalue weighted by Crippen LogP contribution is 2.06. The molecule has 0 aromatic heterocycles. The van der Waals surface area contributed by atoms with Crippen LogP contribution in [0.25, 0.3) is 0 Å². The molecule has 0 saturated heterocycles. The molecular weight excluding hydrogens is 160 g/mol. The second kappa shape index (κ2) is 8.67. The minimum Gasteiger partial charge on any atom is -0.392 e. The molecule has 0 rings (SSSR count). The van der Waals surface area contributed by atoms with Crippen molar-refractivity contribution < 1.29 is 19.7 Å². The third-order valence-corrected chi connectivity index (χ3v) is 1.28. The van der Waals surface area contributed by atoms with Gasteiger partial charge in [-0.3, -0.25) is 0 Å². The quantitative estimate of drug-likeness (QED) is 0.475. The van der Waals surface area contributed by atoms with E-state index < -0.39 is 5.79 Å². The van der Waals surface area contributed by atoms with Crippen LogP contribution in [0.15, 0.2) is 12.7 Å². The fourth-order valence-corrected chi connectivity index (χ4v) is 0.212. The van der Waals surface area contributed by atoms with Gasteiger partial charge in [0.15, 0.2) is 5.79 Å². The van der Waals surface area contributed by atoms with Crippen LogP contribution in [0.1, 0.15) is 6.92 Å². The summed E-state index contributed by atoms with van der Waals surface area (Å²) < 4.78 is 9.53. The summed E-state index contributed by atoms with van der Waals surface area (Å²) in [4.78, 5) is 0. The molecule has 0 aliphatic rings. The van der Waals surface area contributed by atoms with Crippen LogP contribution in [0.5, 0.6) is 0 Å². The Bertz CT molecular complexity index is 91.0. The lowest BCUT2D eigenvalue weighted by Gasteiger charge is -2.22. The summed E-state index contributed by atoms with van der Waals surface area (Å²) in [5.41, 5.74) is 0. The van der Waals surface area contributed by atoms with Crippen molar-refractivity contribution in [3.63, 3.8) is 0 Å². The molecule has 12 heavy (non-hydrogen) atoms. The van der Waals surface area contributed by atoms with Crippen molar-refractivity contribution in [1.82, 2.24) is 0 Å².